The standard InChI is InChI=1S/C18H17F5N4O3/c19-10-6-12(21)11(20)4-8(10)3-9(24)5-14(28)26-1-2-27-13(7-26)15(18(29)30)25-17(27)16(22)23/h4,6,9,16H,1-3,5,7,24H2,(H,29,30). The van der Waals surface area contributed by atoms with E-state index < -0.39 is 53.3 Å². The predicted molar refractivity (Wildman–Crippen MR) is 92.2 cm³/mol. The van der Waals surface area contributed by atoms with Crippen LogP contribution in [-0.4, -0.2) is 44.0 Å². The molecule has 7 nitrogen and oxygen atoms in total. The number of amides is 1. The van der Waals surface area contributed by atoms with E-state index >= 15 is 0 Å². The average molecular weight is 432 g/mol. The number of carboxylic acid groups (broad SMARTS) is 1. The normalized spacial score (nSPS) is 14.7. The van der Waals surface area contributed by atoms with E-state index in [2.05, 4.69) is 4.98 Å². The van der Waals surface area contributed by atoms with Crippen LogP contribution in [0.25, 0.3) is 0 Å². The van der Waals surface area contributed by atoms with Crippen molar-refractivity contribution in [2.45, 2.75) is 38.4 Å². The van der Waals surface area contributed by atoms with Gasteiger partial charge in [0.05, 0.1) is 12.2 Å². The summed E-state index contributed by atoms with van der Waals surface area (Å²) in [6.45, 7) is -0.312. The molecule has 30 heavy (non-hydrogen) atoms. The fourth-order valence-corrected chi connectivity index (χ4v) is 3.37. The molecule has 0 aliphatic carbocycles. The van der Waals surface area contributed by atoms with Gasteiger partial charge >= 0.3 is 5.97 Å². The Bertz CT molecular complexity index is 995. The molecule has 162 valence electrons. The molecule has 0 radical (unpaired) electrons. The number of benzene rings is 1. The van der Waals surface area contributed by atoms with E-state index in [1.54, 1.807) is 0 Å². The summed E-state index contributed by atoms with van der Waals surface area (Å²) in [7, 11) is 0. The van der Waals surface area contributed by atoms with Crippen molar-refractivity contribution in [3.8, 4) is 0 Å². The number of nitrogens with zero attached hydrogens (tertiary/aromatic N) is 3. The molecular weight excluding hydrogens is 415 g/mol. The Morgan fingerprint density at radius 3 is 2.43 bits per heavy atom. The highest BCUT2D eigenvalue weighted by Crippen LogP contribution is 2.26. The van der Waals surface area contributed by atoms with Gasteiger partial charge in [-0.3, -0.25) is 4.79 Å². The van der Waals surface area contributed by atoms with Crippen molar-refractivity contribution >= 4 is 11.9 Å². The molecule has 0 spiro atoms. The Hall–Kier alpha value is -3.02. The van der Waals surface area contributed by atoms with Gasteiger partial charge in [0.15, 0.2) is 23.2 Å². The SMILES string of the molecule is NC(CC(=O)N1CCn2c(C(F)F)nc(C(=O)O)c2C1)Cc1cc(F)c(F)cc1F. The molecule has 1 aromatic carbocycles. The third kappa shape index (κ3) is 4.27. The van der Waals surface area contributed by atoms with E-state index in [0.717, 1.165) is 4.57 Å². The van der Waals surface area contributed by atoms with Crippen LogP contribution in [0.3, 0.4) is 0 Å². The minimum Gasteiger partial charge on any atom is -0.476 e. The molecule has 2 aromatic rings. The second-order valence-electron chi connectivity index (χ2n) is 6.86. The lowest BCUT2D eigenvalue weighted by Crippen LogP contribution is -2.41. The molecule has 0 fully saturated rings. The van der Waals surface area contributed by atoms with Crippen molar-refractivity contribution in [2.75, 3.05) is 6.54 Å². The minimum absolute atomic E-state index is 0.0211. The molecule has 2 heterocycles. The van der Waals surface area contributed by atoms with Gasteiger partial charge in [-0.15, -0.1) is 0 Å². The van der Waals surface area contributed by atoms with Gasteiger partial charge in [-0.25, -0.2) is 31.7 Å². The maximum absolute atomic E-state index is 13.8. The zero-order valence-electron chi connectivity index (χ0n) is 15.4. The Labute approximate surface area is 166 Å². The number of hydrogen-bond acceptors (Lipinski definition) is 4. The van der Waals surface area contributed by atoms with Gasteiger partial charge < -0.3 is 20.3 Å². The van der Waals surface area contributed by atoms with Crippen LogP contribution in [0.4, 0.5) is 22.0 Å². The van der Waals surface area contributed by atoms with Gasteiger partial charge in [-0.1, -0.05) is 0 Å². The van der Waals surface area contributed by atoms with E-state index in [1.165, 1.54) is 4.90 Å². The highest BCUT2D eigenvalue weighted by Gasteiger charge is 2.32. The minimum atomic E-state index is -2.97. The summed E-state index contributed by atoms with van der Waals surface area (Å²) >= 11 is 0. The summed E-state index contributed by atoms with van der Waals surface area (Å²) in [5.74, 6) is -6.28. The quantitative estimate of drug-likeness (QED) is 0.539. The Morgan fingerprint density at radius 1 is 1.13 bits per heavy atom. The number of halogens is 5. The van der Waals surface area contributed by atoms with Crippen LogP contribution < -0.4 is 5.73 Å². The third-order valence-electron chi connectivity index (χ3n) is 4.79. The molecule has 1 atom stereocenters. The second kappa shape index (κ2) is 8.38. The number of hydrogen-bond donors (Lipinski definition) is 2. The van der Waals surface area contributed by atoms with Crippen LogP contribution in [0.5, 0.6) is 0 Å². The monoisotopic (exact) mass is 432 g/mol. The van der Waals surface area contributed by atoms with E-state index in [-0.39, 0.29) is 43.7 Å². The van der Waals surface area contributed by atoms with Crippen molar-refractivity contribution < 1.29 is 36.6 Å². The number of alkyl halides is 2. The number of fused-ring (bicyclic) bond motifs is 1. The van der Waals surface area contributed by atoms with Crippen LogP contribution in [0.1, 0.15) is 40.4 Å². The molecule has 0 saturated heterocycles. The molecule has 1 aliphatic heterocycles. The highest BCUT2D eigenvalue weighted by molar-refractivity contribution is 5.87. The summed E-state index contributed by atoms with van der Waals surface area (Å²) in [6, 6.07) is 0.123. The Balaban J connectivity index is 1.71. The first kappa shape index (κ1) is 21.7. The fourth-order valence-electron chi connectivity index (χ4n) is 3.37. The molecule has 1 unspecified atom stereocenters. The van der Waals surface area contributed by atoms with E-state index in [9.17, 15) is 36.6 Å². The van der Waals surface area contributed by atoms with Gasteiger partial charge in [0.25, 0.3) is 6.43 Å². The van der Waals surface area contributed by atoms with E-state index in [4.69, 9.17) is 5.73 Å². The molecule has 1 aromatic heterocycles. The number of aromatic carboxylic acids is 1. The van der Waals surface area contributed by atoms with Crippen molar-refractivity contribution in [3.05, 3.63) is 52.4 Å². The average Bonchev–Trinajstić information content (AvgIpc) is 3.05. The number of rotatable bonds is 6. The molecule has 0 bridgehead atoms. The number of carbonyl (C=O) groups excluding carboxylic acids is 1. The first-order valence-electron chi connectivity index (χ1n) is 8.86. The molecule has 0 saturated carbocycles. The molecule has 12 heteroatoms. The lowest BCUT2D eigenvalue weighted by atomic mass is 10.0. The lowest BCUT2D eigenvalue weighted by Gasteiger charge is -2.30. The number of imidazole rings is 1. The fraction of sp³-hybridized carbons (Fsp3) is 0.389. The zero-order chi connectivity index (χ0) is 22.2. The Morgan fingerprint density at radius 2 is 1.80 bits per heavy atom. The number of carboxylic acids is 1. The van der Waals surface area contributed by atoms with Gasteiger partial charge in [-0.2, -0.15) is 0 Å². The summed E-state index contributed by atoms with van der Waals surface area (Å²) in [4.78, 5) is 28.5. The maximum Gasteiger partial charge on any atom is 0.356 e. The van der Waals surface area contributed by atoms with Crippen molar-refractivity contribution in [1.29, 1.82) is 0 Å². The molecule has 1 aliphatic rings. The highest BCUT2D eigenvalue weighted by atomic mass is 19.3. The van der Waals surface area contributed by atoms with Crippen LogP contribution in [0, 0.1) is 17.5 Å². The molecule has 3 N–H and O–H groups in total. The number of aromatic nitrogens is 2. The van der Waals surface area contributed by atoms with Crippen molar-refractivity contribution in [1.82, 2.24) is 14.5 Å². The third-order valence-corrected chi connectivity index (χ3v) is 4.79. The summed E-state index contributed by atoms with van der Waals surface area (Å²) in [5, 5.41) is 9.20. The summed E-state index contributed by atoms with van der Waals surface area (Å²) < 4.78 is 67.3. The lowest BCUT2D eigenvalue weighted by molar-refractivity contribution is -0.133. The topological polar surface area (TPSA) is 101 Å². The van der Waals surface area contributed by atoms with Crippen molar-refractivity contribution in [2.24, 2.45) is 5.73 Å². The number of nitrogens with two attached hydrogens (primary N) is 1. The summed E-state index contributed by atoms with van der Waals surface area (Å²) in [5.41, 5.74) is 5.06. The van der Waals surface area contributed by atoms with E-state index in [0.29, 0.717) is 12.1 Å². The maximum atomic E-state index is 13.8. The van der Waals surface area contributed by atoms with Crippen LogP contribution in [0.2, 0.25) is 0 Å². The first-order chi connectivity index (χ1) is 14.1. The van der Waals surface area contributed by atoms with Crippen molar-refractivity contribution in [3.63, 3.8) is 0 Å². The smallest absolute Gasteiger partial charge is 0.356 e. The van der Waals surface area contributed by atoms with Crippen LogP contribution >= 0.6 is 0 Å². The Kier molecular flexibility index (Phi) is 6.06. The van der Waals surface area contributed by atoms with Gasteiger partial charge in [0.2, 0.25) is 5.91 Å². The molecule has 3 rings (SSSR count). The van der Waals surface area contributed by atoms with Gasteiger partial charge in [-0.05, 0) is 18.1 Å². The van der Waals surface area contributed by atoms with Gasteiger partial charge in [0, 0.05) is 31.6 Å². The summed E-state index contributed by atoms with van der Waals surface area (Å²) in [6.07, 6.45) is -3.51. The van der Waals surface area contributed by atoms with Gasteiger partial charge in [0.1, 0.15) is 5.82 Å². The largest absolute Gasteiger partial charge is 0.476 e. The number of carbonyl (C=O) groups is 2. The second-order valence-corrected chi connectivity index (χ2v) is 6.86. The van der Waals surface area contributed by atoms with Crippen LogP contribution in [-0.2, 0) is 24.3 Å². The van der Waals surface area contributed by atoms with E-state index in [1.807, 2.05) is 0 Å². The predicted octanol–water partition coefficient (Wildman–Crippen LogP) is 2.24. The molecular formula is C18H17F5N4O3. The first-order valence-corrected chi connectivity index (χ1v) is 8.86. The van der Waals surface area contributed by atoms with Crippen LogP contribution in [0.15, 0.2) is 12.1 Å². The zero-order valence-corrected chi connectivity index (χ0v) is 15.4. The molecule has 1 amide bonds.